The predicted octanol–water partition coefficient (Wildman–Crippen LogP) is 1.79. The zero-order valence-electron chi connectivity index (χ0n) is 8.11. The van der Waals surface area contributed by atoms with Gasteiger partial charge in [-0.1, -0.05) is 30.3 Å². The lowest BCUT2D eigenvalue weighted by Crippen LogP contribution is -2.20. The highest BCUT2D eigenvalue weighted by Crippen LogP contribution is 2.48. The molecule has 2 atom stereocenters. The smallest absolute Gasteiger partial charge is 0.100 e. The quantitative estimate of drug-likeness (QED) is 0.748. The molecule has 1 aliphatic carbocycles. The molecule has 2 heteroatoms. The van der Waals surface area contributed by atoms with Gasteiger partial charge in [0, 0.05) is 12.5 Å². The Bertz CT molecular complexity index is 356. The van der Waals surface area contributed by atoms with Crippen LogP contribution in [0, 0.1) is 5.92 Å². The molecule has 1 aromatic rings. The van der Waals surface area contributed by atoms with Crippen molar-refractivity contribution in [2.75, 3.05) is 13.1 Å². The van der Waals surface area contributed by atoms with Crippen molar-refractivity contribution in [3.05, 3.63) is 35.9 Å². The minimum Gasteiger partial charge on any atom is -0.372 e. The lowest BCUT2D eigenvalue weighted by atomic mass is 10.1. The molecule has 0 amide bonds. The topological polar surface area (TPSA) is 24.4 Å². The number of aliphatic imine (C=N–C) groups is 1. The maximum Gasteiger partial charge on any atom is 0.100 e. The zero-order chi connectivity index (χ0) is 9.38. The van der Waals surface area contributed by atoms with Crippen molar-refractivity contribution in [2.24, 2.45) is 10.9 Å². The van der Waals surface area contributed by atoms with Crippen molar-refractivity contribution in [1.82, 2.24) is 5.32 Å². The number of benzene rings is 1. The number of hydrogen-bond acceptors (Lipinski definition) is 2. The molecule has 2 aliphatic rings. The van der Waals surface area contributed by atoms with Crippen LogP contribution in [-0.4, -0.2) is 18.9 Å². The van der Waals surface area contributed by atoms with Crippen LogP contribution >= 0.6 is 0 Å². The monoisotopic (exact) mass is 186 g/mol. The SMILES string of the molecule is c1ccc([C@H]2C[C@H]2C2=NCCN2)cc1. The van der Waals surface area contributed by atoms with E-state index in [1.807, 2.05) is 0 Å². The second kappa shape index (κ2) is 3.12. The second-order valence-electron chi connectivity index (χ2n) is 4.05. The molecule has 72 valence electrons. The number of amidine groups is 1. The average Bonchev–Trinajstić information content (AvgIpc) is 2.87. The van der Waals surface area contributed by atoms with Crippen molar-refractivity contribution in [3.8, 4) is 0 Å². The summed E-state index contributed by atoms with van der Waals surface area (Å²) in [5.41, 5.74) is 1.47. The van der Waals surface area contributed by atoms with Gasteiger partial charge in [-0.25, -0.2) is 0 Å². The van der Waals surface area contributed by atoms with Crippen LogP contribution in [0.4, 0.5) is 0 Å². The summed E-state index contributed by atoms with van der Waals surface area (Å²) in [6.07, 6.45) is 1.27. The van der Waals surface area contributed by atoms with E-state index in [4.69, 9.17) is 0 Å². The van der Waals surface area contributed by atoms with E-state index in [0.29, 0.717) is 5.92 Å². The maximum atomic E-state index is 4.48. The van der Waals surface area contributed by atoms with Crippen LogP contribution in [0.3, 0.4) is 0 Å². The van der Waals surface area contributed by atoms with Gasteiger partial charge in [-0.3, -0.25) is 4.99 Å². The largest absolute Gasteiger partial charge is 0.372 e. The van der Waals surface area contributed by atoms with Crippen LogP contribution in [-0.2, 0) is 0 Å². The van der Waals surface area contributed by atoms with Gasteiger partial charge < -0.3 is 5.32 Å². The van der Waals surface area contributed by atoms with Gasteiger partial charge in [-0.2, -0.15) is 0 Å². The van der Waals surface area contributed by atoms with Crippen LogP contribution in [0.25, 0.3) is 0 Å². The molecule has 2 nitrogen and oxygen atoms in total. The van der Waals surface area contributed by atoms with Gasteiger partial charge in [-0.05, 0) is 17.9 Å². The standard InChI is InChI=1S/C12H14N2/c1-2-4-9(5-3-1)10-8-11(10)12-13-6-7-14-12/h1-5,10-11H,6-8H2,(H,13,14)/t10-,11-/m1/s1. The Labute approximate surface area is 84.1 Å². The molecule has 0 spiro atoms. The third-order valence-corrected chi connectivity index (χ3v) is 3.07. The van der Waals surface area contributed by atoms with Crippen LogP contribution < -0.4 is 5.32 Å². The fraction of sp³-hybridized carbons (Fsp3) is 0.417. The van der Waals surface area contributed by atoms with Gasteiger partial charge in [-0.15, -0.1) is 0 Å². The third-order valence-electron chi connectivity index (χ3n) is 3.07. The zero-order valence-corrected chi connectivity index (χ0v) is 8.11. The summed E-state index contributed by atoms with van der Waals surface area (Å²) in [7, 11) is 0. The van der Waals surface area contributed by atoms with Crippen LogP contribution in [0.1, 0.15) is 17.9 Å². The molecule has 0 bridgehead atoms. The predicted molar refractivity (Wildman–Crippen MR) is 57.6 cm³/mol. The number of nitrogens with one attached hydrogen (secondary N) is 1. The van der Waals surface area contributed by atoms with Crippen LogP contribution in [0.15, 0.2) is 35.3 Å². The Morgan fingerprint density at radius 1 is 1.14 bits per heavy atom. The van der Waals surface area contributed by atoms with Crippen molar-refractivity contribution in [3.63, 3.8) is 0 Å². The summed E-state index contributed by atoms with van der Waals surface area (Å²) < 4.78 is 0. The van der Waals surface area contributed by atoms with Crippen molar-refractivity contribution in [2.45, 2.75) is 12.3 Å². The van der Waals surface area contributed by atoms with Gasteiger partial charge in [0.05, 0.1) is 6.54 Å². The Hall–Kier alpha value is -1.31. The molecule has 14 heavy (non-hydrogen) atoms. The molecule has 1 saturated carbocycles. The first kappa shape index (κ1) is 8.04. The Morgan fingerprint density at radius 2 is 2.00 bits per heavy atom. The van der Waals surface area contributed by atoms with Gasteiger partial charge in [0.25, 0.3) is 0 Å². The molecule has 0 saturated heterocycles. The van der Waals surface area contributed by atoms with E-state index in [2.05, 4.69) is 40.6 Å². The van der Waals surface area contributed by atoms with E-state index in [1.54, 1.807) is 0 Å². The minimum absolute atomic E-state index is 0.680. The van der Waals surface area contributed by atoms with Crippen LogP contribution in [0.5, 0.6) is 0 Å². The second-order valence-corrected chi connectivity index (χ2v) is 4.05. The maximum absolute atomic E-state index is 4.48. The molecule has 1 aliphatic heterocycles. The van der Waals surface area contributed by atoms with Gasteiger partial charge >= 0.3 is 0 Å². The minimum atomic E-state index is 0.680. The fourth-order valence-electron chi connectivity index (χ4n) is 2.23. The number of hydrogen-bond donors (Lipinski definition) is 1. The Kier molecular flexibility index (Phi) is 1.79. The highest BCUT2D eigenvalue weighted by Gasteiger charge is 2.42. The summed E-state index contributed by atoms with van der Waals surface area (Å²) in [4.78, 5) is 4.48. The summed E-state index contributed by atoms with van der Waals surface area (Å²) in [5, 5.41) is 3.37. The highest BCUT2D eigenvalue weighted by molar-refractivity contribution is 5.89. The Balaban J connectivity index is 1.74. The molecular formula is C12H14N2. The number of nitrogens with zero attached hydrogens (tertiary/aromatic N) is 1. The van der Waals surface area contributed by atoms with E-state index in [9.17, 15) is 0 Å². The van der Waals surface area contributed by atoms with Crippen molar-refractivity contribution >= 4 is 5.84 Å². The highest BCUT2D eigenvalue weighted by atomic mass is 15.1. The van der Waals surface area contributed by atoms with E-state index >= 15 is 0 Å². The first-order valence-electron chi connectivity index (χ1n) is 5.28. The first-order valence-corrected chi connectivity index (χ1v) is 5.28. The molecule has 3 rings (SSSR count). The van der Waals surface area contributed by atoms with E-state index in [-0.39, 0.29) is 0 Å². The molecule has 1 heterocycles. The average molecular weight is 186 g/mol. The van der Waals surface area contributed by atoms with E-state index < -0.39 is 0 Å². The fourth-order valence-corrected chi connectivity index (χ4v) is 2.23. The molecule has 1 aromatic carbocycles. The summed E-state index contributed by atoms with van der Waals surface area (Å²) in [6, 6.07) is 10.8. The summed E-state index contributed by atoms with van der Waals surface area (Å²) >= 11 is 0. The van der Waals surface area contributed by atoms with E-state index in [0.717, 1.165) is 19.0 Å². The molecule has 1 fully saturated rings. The molecule has 0 radical (unpaired) electrons. The lowest BCUT2D eigenvalue weighted by molar-refractivity contribution is 0.933. The van der Waals surface area contributed by atoms with Crippen molar-refractivity contribution < 1.29 is 0 Å². The molecular weight excluding hydrogens is 172 g/mol. The van der Waals surface area contributed by atoms with E-state index in [1.165, 1.54) is 17.8 Å². The lowest BCUT2D eigenvalue weighted by Gasteiger charge is -2.01. The van der Waals surface area contributed by atoms with Gasteiger partial charge in [0.1, 0.15) is 5.84 Å². The van der Waals surface area contributed by atoms with Gasteiger partial charge in [0.15, 0.2) is 0 Å². The normalized spacial score (nSPS) is 29.6. The Morgan fingerprint density at radius 3 is 2.71 bits per heavy atom. The first-order chi connectivity index (χ1) is 6.95. The third kappa shape index (κ3) is 1.31. The summed E-state index contributed by atoms with van der Waals surface area (Å²) in [5.74, 6) is 2.65. The summed E-state index contributed by atoms with van der Waals surface area (Å²) in [6.45, 7) is 2.00. The molecule has 0 aromatic heterocycles. The van der Waals surface area contributed by atoms with Crippen molar-refractivity contribution in [1.29, 1.82) is 0 Å². The van der Waals surface area contributed by atoms with Gasteiger partial charge in [0.2, 0.25) is 0 Å². The molecule has 1 N–H and O–H groups in total. The number of rotatable bonds is 2. The van der Waals surface area contributed by atoms with Crippen LogP contribution in [0.2, 0.25) is 0 Å². The molecule has 0 unspecified atom stereocenters.